The van der Waals surface area contributed by atoms with Gasteiger partial charge in [0.05, 0.1) is 11.4 Å². The Hall–Kier alpha value is -1.55. The number of nitrogens with one attached hydrogen (secondary N) is 1. The number of hydrogen-bond donors (Lipinski definition) is 4. The molecule has 0 aliphatic heterocycles. The Labute approximate surface area is 105 Å². The molecule has 0 fully saturated rings. The van der Waals surface area contributed by atoms with Crippen LogP contribution in [0.2, 0.25) is 0 Å². The van der Waals surface area contributed by atoms with Gasteiger partial charge in [-0.1, -0.05) is 30.3 Å². The largest absolute Gasteiger partial charge is 0.397 e. The minimum absolute atomic E-state index is 0.467. The highest BCUT2D eigenvalue weighted by atomic mass is 31.2. The summed E-state index contributed by atoms with van der Waals surface area (Å²) >= 11 is 0. The van der Waals surface area contributed by atoms with Crippen LogP contribution < -0.4 is 11.1 Å². The van der Waals surface area contributed by atoms with E-state index in [0.717, 1.165) is 10.8 Å². The molecule has 5 N–H and O–H groups in total. The van der Waals surface area contributed by atoms with Gasteiger partial charge in [0.1, 0.15) is 5.78 Å². The molecular weight excluding hydrogens is 251 g/mol. The average Bonchev–Trinajstić information content (AvgIpc) is 2.31. The van der Waals surface area contributed by atoms with Gasteiger partial charge in [0.15, 0.2) is 0 Å². The van der Waals surface area contributed by atoms with E-state index in [0.29, 0.717) is 11.4 Å². The normalized spacial score (nSPS) is 13.5. The second-order valence-electron chi connectivity index (χ2n) is 4.16. The van der Waals surface area contributed by atoms with Gasteiger partial charge in [0, 0.05) is 5.39 Å². The van der Waals surface area contributed by atoms with E-state index in [-0.39, 0.29) is 0 Å². The molecule has 0 amide bonds. The summed E-state index contributed by atoms with van der Waals surface area (Å²) in [4.78, 5) is 18.2. The van der Waals surface area contributed by atoms with Gasteiger partial charge in [0.2, 0.25) is 0 Å². The molecule has 18 heavy (non-hydrogen) atoms. The zero-order valence-electron chi connectivity index (χ0n) is 9.87. The van der Waals surface area contributed by atoms with Crippen molar-refractivity contribution >= 4 is 29.7 Å². The Morgan fingerprint density at radius 3 is 2.56 bits per heavy atom. The molecule has 0 radical (unpaired) electrons. The minimum Gasteiger partial charge on any atom is -0.397 e. The van der Waals surface area contributed by atoms with Crippen LogP contribution >= 0.6 is 7.60 Å². The van der Waals surface area contributed by atoms with Crippen LogP contribution in [0.15, 0.2) is 36.4 Å². The molecule has 2 aromatic rings. The molecule has 0 aliphatic rings. The van der Waals surface area contributed by atoms with E-state index < -0.39 is 13.4 Å². The lowest BCUT2D eigenvalue weighted by Gasteiger charge is -2.19. The first-order valence-electron chi connectivity index (χ1n) is 5.48. The molecule has 0 aromatic heterocycles. The fraction of sp³-hybridized carbons (Fsp3) is 0.167. The third-order valence-corrected chi connectivity index (χ3v) is 3.96. The average molecular weight is 266 g/mol. The van der Waals surface area contributed by atoms with Crippen LogP contribution in [0.1, 0.15) is 6.92 Å². The first-order chi connectivity index (χ1) is 8.39. The van der Waals surface area contributed by atoms with Gasteiger partial charge in [-0.05, 0) is 18.4 Å². The first kappa shape index (κ1) is 12.9. The number of nitrogen functional groups attached to an aromatic ring is 1. The Bertz CT molecular complexity index is 624. The van der Waals surface area contributed by atoms with E-state index in [1.165, 1.54) is 6.92 Å². The summed E-state index contributed by atoms with van der Waals surface area (Å²) in [6, 6.07) is 11.1. The molecule has 0 bridgehead atoms. The zero-order valence-corrected chi connectivity index (χ0v) is 10.8. The SMILES string of the molecule is CC(Nc1c(N)ccc2ccccc12)P(=O)(O)O. The van der Waals surface area contributed by atoms with Crippen LogP contribution in [0.3, 0.4) is 0 Å². The topological polar surface area (TPSA) is 95.6 Å². The van der Waals surface area contributed by atoms with Crippen LogP contribution in [-0.4, -0.2) is 15.6 Å². The summed E-state index contributed by atoms with van der Waals surface area (Å²) in [5, 5.41) is 4.62. The molecule has 0 aliphatic carbocycles. The van der Waals surface area contributed by atoms with Crippen molar-refractivity contribution in [2.75, 3.05) is 11.1 Å². The number of fused-ring (bicyclic) bond motifs is 1. The van der Waals surface area contributed by atoms with Crippen molar-refractivity contribution in [3.05, 3.63) is 36.4 Å². The lowest BCUT2D eigenvalue weighted by molar-refractivity contribution is 0.364. The van der Waals surface area contributed by atoms with Gasteiger partial charge in [-0.25, -0.2) is 0 Å². The first-order valence-corrected chi connectivity index (χ1v) is 7.17. The Balaban J connectivity index is 2.50. The van der Waals surface area contributed by atoms with Crippen molar-refractivity contribution in [1.82, 2.24) is 0 Å². The van der Waals surface area contributed by atoms with Gasteiger partial charge < -0.3 is 20.8 Å². The molecule has 1 atom stereocenters. The summed E-state index contributed by atoms with van der Waals surface area (Å²) in [6.45, 7) is 1.43. The molecule has 5 nitrogen and oxygen atoms in total. The van der Waals surface area contributed by atoms with Gasteiger partial charge in [-0.3, -0.25) is 4.57 Å². The highest BCUT2D eigenvalue weighted by molar-refractivity contribution is 7.52. The molecule has 0 saturated heterocycles. The maximum atomic E-state index is 11.2. The molecular formula is C12H15N2O3P. The van der Waals surface area contributed by atoms with Crippen molar-refractivity contribution < 1.29 is 14.4 Å². The molecule has 0 spiro atoms. The summed E-state index contributed by atoms with van der Waals surface area (Å²) in [5.41, 5.74) is 6.89. The summed E-state index contributed by atoms with van der Waals surface area (Å²) < 4.78 is 11.2. The van der Waals surface area contributed by atoms with Crippen LogP contribution in [-0.2, 0) is 4.57 Å². The lowest BCUT2D eigenvalue weighted by atomic mass is 10.1. The third-order valence-electron chi connectivity index (χ3n) is 2.82. The number of benzene rings is 2. The Morgan fingerprint density at radius 2 is 1.89 bits per heavy atom. The summed E-state index contributed by atoms with van der Waals surface area (Å²) in [7, 11) is -4.19. The quantitative estimate of drug-likeness (QED) is 0.505. The maximum absolute atomic E-state index is 11.2. The number of rotatable bonds is 3. The number of nitrogens with two attached hydrogens (primary N) is 1. The Kier molecular flexibility index (Phi) is 3.30. The van der Waals surface area contributed by atoms with Crippen molar-refractivity contribution in [3.8, 4) is 0 Å². The standard InChI is InChI=1S/C12H15N2O3P/c1-8(18(15,16)17)14-12-10-5-3-2-4-9(10)6-7-11(12)13/h2-8,14H,13H2,1H3,(H2,15,16,17). The van der Waals surface area contributed by atoms with E-state index >= 15 is 0 Å². The van der Waals surface area contributed by atoms with Crippen molar-refractivity contribution in [3.63, 3.8) is 0 Å². The summed E-state index contributed by atoms with van der Waals surface area (Å²) in [6.07, 6.45) is 0. The van der Waals surface area contributed by atoms with Crippen LogP contribution in [0, 0.1) is 0 Å². The number of hydrogen-bond acceptors (Lipinski definition) is 3. The maximum Gasteiger partial charge on any atom is 0.347 e. The van der Waals surface area contributed by atoms with Gasteiger partial charge >= 0.3 is 7.60 Å². The van der Waals surface area contributed by atoms with E-state index in [1.54, 1.807) is 6.07 Å². The number of anilines is 2. The van der Waals surface area contributed by atoms with Gasteiger partial charge in [-0.2, -0.15) is 0 Å². The van der Waals surface area contributed by atoms with Gasteiger partial charge in [0.25, 0.3) is 0 Å². The van der Waals surface area contributed by atoms with Crippen LogP contribution in [0.5, 0.6) is 0 Å². The Morgan fingerprint density at radius 1 is 1.22 bits per heavy atom. The van der Waals surface area contributed by atoms with Crippen LogP contribution in [0.4, 0.5) is 11.4 Å². The van der Waals surface area contributed by atoms with E-state index in [9.17, 15) is 4.57 Å². The van der Waals surface area contributed by atoms with Crippen molar-refractivity contribution in [1.29, 1.82) is 0 Å². The molecule has 1 unspecified atom stereocenters. The van der Waals surface area contributed by atoms with E-state index in [1.807, 2.05) is 30.3 Å². The molecule has 6 heteroatoms. The molecule has 96 valence electrons. The molecule has 0 saturated carbocycles. The second-order valence-corrected chi connectivity index (χ2v) is 6.11. The lowest BCUT2D eigenvalue weighted by Crippen LogP contribution is -2.16. The minimum atomic E-state index is -4.19. The van der Waals surface area contributed by atoms with Crippen molar-refractivity contribution in [2.24, 2.45) is 0 Å². The van der Waals surface area contributed by atoms with E-state index in [2.05, 4.69) is 5.32 Å². The summed E-state index contributed by atoms with van der Waals surface area (Å²) in [5.74, 6) is -0.981. The fourth-order valence-corrected chi connectivity index (χ4v) is 2.04. The monoisotopic (exact) mass is 266 g/mol. The van der Waals surface area contributed by atoms with Crippen LogP contribution in [0.25, 0.3) is 10.8 Å². The third kappa shape index (κ3) is 2.48. The van der Waals surface area contributed by atoms with Gasteiger partial charge in [-0.15, -0.1) is 0 Å². The molecule has 0 heterocycles. The molecule has 2 rings (SSSR count). The predicted molar refractivity (Wildman–Crippen MR) is 73.5 cm³/mol. The highest BCUT2D eigenvalue weighted by Crippen LogP contribution is 2.42. The highest BCUT2D eigenvalue weighted by Gasteiger charge is 2.24. The van der Waals surface area contributed by atoms with E-state index in [4.69, 9.17) is 15.5 Å². The smallest absolute Gasteiger partial charge is 0.347 e. The van der Waals surface area contributed by atoms with Crippen molar-refractivity contribution in [2.45, 2.75) is 12.7 Å². The fourth-order valence-electron chi connectivity index (χ4n) is 1.74. The molecule has 2 aromatic carbocycles. The second kappa shape index (κ2) is 4.61. The zero-order chi connectivity index (χ0) is 13.3. The predicted octanol–water partition coefficient (Wildman–Crippen LogP) is 2.36.